The fraction of sp³-hybridized carbons (Fsp3) is 0.478. The fourth-order valence-electron chi connectivity index (χ4n) is 3.57. The summed E-state index contributed by atoms with van der Waals surface area (Å²) in [5.74, 6) is -0.579. The minimum atomic E-state index is -4.78. The molecular formula is C23H33F3N4O2. The van der Waals surface area contributed by atoms with E-state index in [1.807, 2.05) is 18.2 Å². The smallest absolute Gasteiger partial charge is 0.411 e. The highest BCUT2D eigenvalue weighted by molar-refractivity contribution is 5.81. The van der Waals surface area contributed by atoms with Crippen LogP contribution < -0.4 is 5.32 Å². The van der Waals surface area contributed by atoms with Crippen molar-refractivity contribution in [2.75, 3.05) is 13.6 Å². The minimum absolute atomic E-state index is 0.0562. The van der Waals surface area contributed by atoms with Crippen molar-refractivity contribution in [3.63, 3.8) is 0 Å². The van der Waals surface area contributed by atoms with Crippen molar-refractivity contribution >= 4 is 12.2 Å². The Morgan fingerprint density at radius 1 is 1.38 bits per heavy atom. The molecule has 0 amide bonds. The van der Waals surface area contributed by atoms with Crippen LogP contribution in [-0.2, 0) is 4.74 Å². The summed E-state index contributed by atoms with van der Waals surface area (Å²) in [7, 11) is 1.59. The maximum Gasteiger partial charge on any atom is 0.572 e. The molecular weight excluding hydrogens is 421 g/mol. The quantitative estimate of drug-likeness (QED) is 0.175. The van der Waals surface area contributed by atoms with Crippen LogP contribution in [0, 0.1) is 17.2 Å². The Morgan fingerprint density at radius 2 is 2.09 bits per heavy atom. The Kier molecular flexibility index (Phi) is 11.5. The van der Waals surface area contributed by atoms with Crippen LogP contribution in [-0.4, -0.2) is 54.4 Å². The topological polar surface area (TPSA) is 80.9 Å². The molecule has 1 aliphatic rings. The number of aliphatic hydroxyl groups is 1. The van der Waals surface area contributed by atoms with Gasteiger partial charge in [-0.2, -0.15) is 0 Å². The highest BCUT2D eigenvalue weighted by Gasteiger charge is 2.37. The number of aliphatic hydroxyl groups excluding tert-OH is 1. The largest absolute Gasteiger partial charge is 0.572 e. The summed E-state index contributed by atoms with van der Waals surface area (Å²) in [5, 5.41) is 21.5. The molecule has 1 rings (SSSR count). The summed E-state index contributed by atoms with van der Waals surface area (Å²) < 4.78 is 42.3. The minimum Gasteiger partial charge on any atom is -0.411 e. The van der Waals surface area contributed by atoms with E-state index in [1.165, 1.54) is 6.08 Å². The van der Waals surface area contributed by atoms with Gasteiger partial charge in [0, 0.05) is 38.4 Å². The normalized spacial score (nSPS) is 23.2. The zero-order chi connectivity index (χ0) is 24.1. The van der Waals surface area contributed by atoms with Gasteiger partial charge in [0.1, 0.15) is 12.0 Å². The lowest BCUT2D eigenvalue weighted by Gasteiger charge is -2.42. The second kappa shape index (κ2) is 13.6. The Balaban J connectivity index is 3.07. The first kappa shape index (κ1) is 27.2. The number of nitrogens with zero attached hydrogens (tertiary/aromatic N) is 2. The van der Waals surface area contributed by atoms with Crippen molar-refractivity contribution in [1.82, 2.24) is 10.2 Å². The van der Waals surface area contributed by atoms with Crippen molar-refractivity contribution in [3.8, 4) is 0 Å². The molecule has 6 nitrogen and oxygen atoms in total. The lowest BCUT2D eigenvalue weighted by Crippen LogP contribution is -2.59. The summed E-state index contributed by atoms with van der Waals surface area (Å²) in [6, 6.07) is -0.340. The average Bonchev–Trinajstić information content (AvgIpc) is 2.73. The molecule has 0 radical (unpaired) electrons. The van der Waals surface area contributed by atoms with Crippen LogP contribution in [0.4, 0.5) is 13.2 Å². The summed E-state index contributed by atoms with van der Waals surface area (Å²) in [5.41, 5.74) is 0. The molecule has 0 spiro atoms. The van der Waals surface area contributed by atoms with Gasteiger partial charge in [-0.1, -0.05) is 50.0 Å². The molecule has 0 aromatic carbocycles. The molecule has 9 heteroatoms. The molecule has 0 aromatic rings. The molecule has 0 saturated carbocycles. The first-order valence-electron chi connectivity index (χ1n) is 10.4. The summed E-state index contributed by atoms with van der Waals surface area (Å²) in [4.78, 5) is 5.92. The van der Waals surface area contributed by atoms with Gasteiger partial charge in [-0.3, -0.25) is 4.99 Å². The molecule has 178 valence electrons. The third-order valence-corrected chi connectivity index (χ3v) is 5.04. The second-order valence-electron chi connectivity index (χ2n) is 7.17. The lowest BCUT2D eigenvalue weighted by atomic mass is 9.81. The number of aliphatic imine (C=N–C) groups is 1. The molecule has 1 saturated heterocycles. The molecule has 0 bridgehead atoms. The summed E-state index contributed by atoms with van der Waals surface area (Å²) in [6.07, 6.45) is 8.08. The van der Waals surface area contributed by atoms with Crippen LogP contribution in [0.25, 0.3) is 0 Å². The van der Waals surface area contributed by atoms with Crippen molar-refractivity contribution in [3.05, 3.63) is 61.4 Å². The number of hydrogen-bond acceptors (Lipinski definition) is 4. The number of guanidine groups is 1. The number of allylic oxidation sites excluding steroid dienone is 6. The van der Waals surface area contributed by atoms with Crippen LogP contribution in [0.5, 0.6) is 0 Å². The third kappa shape index (κ3) is 8.74. The van der Waals surface area contributed by atoms with Crippen molar-refractivity contribution in [2.45, 2.75) is 44.8 Å². The Morgan fingerprint density at radius 3 is 2.62 bits per heavy atom. The van der Waals surface area contributed by atoms with Crippen LogP contribution in [0.15, 0.2) is 66.4 Å². The van der Waals surface area contributed by atoms with Crippen molar-refractivity contribution < 1.29 is 23.0 Å². The monoisotopic (exact) mass is 454 g/mol. The van der Waals surface area contributed by atoms with E-state index in [2.05, 4.69) is 28.2 Å². The maximum absolute atomic E-state index is 12.7. The Hall–Kier alpha value is -2.81. The van der Waals surface area contributed by atoms with E-state index in [1.54, 1.807) is 37.1 Å². The van der Waals surface area contributed by atoms with E-state index < -0.39 is 18.5 Å². The third-order valence-electron chi connectivity index (χ3n) is 5.04. The number of alkyl halides is 3. The Bertz CT molecular complexity index is 744. The SMILES string of the molecule is C=C/C=C\C=C\CN1C(=NC)NC(C(C=C)C(/C=C(\CC)OC(F)(F)F)CC=N)CC1O. The van der Waals surface area contributed by atoms with E-state index in [9.17, 15) is 18.3 Å². The number of hydrogen-bond donors (Lipinski definition) is 3. The second-order valence-corrected chi connectivity index (χ2v) is 7.17. The van der Waals surface area contributed by atoms with Crippen LogP contribution in [0.2, 0.25) is 0 Å². The zero-order valence-corrected chi connectivity index (χ0v) is 18.6. The fourth-order valence-corrected chi connectivity index (χ4v) is 3.57. The molecule has 0 aliphatic carbocycles. The van der Waals surface area contributed by atoms with Gasteiger partial charge in [-0.15, -0.1) is 19.8 Å². The van der Waals surface area contributed by atoms with E-state index in [0.29, 0.717) is 18.9 Å². The molecule has 1 fully saturated rings. The predicted molar refractivity (Wildman–Crippen MR) is 122 cm³/mol. The van der Waals surface area contributed by atoms with Gasteiger partial charge < -0.3 is 25.5 Å². The van der Waals surface area contributed by atoms with Gasteiger partial charge in [-0.25, -0.2) is 0 Å². The van der Waals surface area contributed by atoms with E-state index in [0.717, 1.165) is 6.21 Å². The number of halogens is 3. The molecule has 3 N–H and O–H groups in total. The van der Waals surface area contributed by atoms with Crippen molar-refractivity contribution in [2.24, 2.45) is 16.8 Å². The zero-order valence-electron chi connectivity index (χ0n) is 18.6. The predicted octanol–water partition coefficient (Wildman–Crippen LogP) is 4.54. The van der Waals surface area contributed by atoms with E-state index >= 15 is 0 Å². The highest BCUT2D eigenvalue weighted by Crippen LogP contribution is 2.31. The lowest BCUT2D eigenvalue weighted by molar-refractivity contribution is -0.306. The van der Waals surface area contributed by atoms with Gasteiger partial charge in [0.25, 0.3) is 0 Å². The number of rotatable bonds is 12. The van der Waals surface area contributed by atoms with Crippen LogP contribution >= 0.6 is 0 Å². The standard InChI is InChI=1S/C23H33F3N4O2/c1-5-8-9-10-11-14-30-21(31)16-20(29-22(30)28-4)19(7-3)17(12-13-27)15-18(6-2)32-23(24,25)26/h5,7-11,13,15,17,19-21,27,31H,1,3,6,12,14,16H2,2,4H3,(H,28,29)/b9-8-,11-10+,18-15+,27-13?. The highest BCUT2D eigenvalue weighted by atomic mass is 19.4. The Labute approximate surface area is 188 Å². The molecule has 4 unspecified atom stereocenters. The van der Waals surface area contributed by atoms with Gasteiger partial charge in [0.2, 0.25) is 0 Å². The average molecular weight is 455 g/mol. The van der Waals surface area contributed by atoms with E-state index in [-0.39, 0.29) is 30.6 Å². The van der Waals surface area contributed by atoms with Crippen LogP contribution in [0.3, 0.4) is 0 Å². The molecule has 4 atom stereocenters. The first-order valence-corrected chi connectivity index (χ1v) is 10.4. The summed E-state index contributed by atoms with van der Waals surface area (Å²) in [6.45, 7) is 9.43. The van der Waals surface area contributed by atoms with Gasteiger partial charge in [0.15, 0.2) is 5.96 Å². The van der Waals surface area contributed by atoms with Crippen LogP contribution in [0.1, 0.15) is 26.2 Å². The maximum atomic E-state index is 12.7. The van der Waals surface area contributed by atoms with Gasteiger partial charge >= 0.3 is 6.36 Å². The number of ether oxygens (including phenoxy) is 1. The molecule has 0 aromatic heterocycles. The molecule has 1 aliphatic heterocycles. The van der Waals surface area contributed by atoms with Gasteiger partial charge in [0.05, 0.1) is 0 Å². The van der Waals surface area contributed by atoms with Gasteiger partial charge in [-0.05, 0) is 24.6 Å². The molecule has 32 heavy (non-hydrogen) atoms. The van der Waals surface area contributed by atoms with Crippen molar-refractivity contribution in [1.29, 1.82) is 5.41 Å². The summed E-state index contributed by atoms with van der Waals surface area (Å²) >= 11 is 0. The molecule has 1 heterocycles. The first-order chi connectivity index (χ1) is 15.2. The number of nitrogens with one attached hydrogen (secondary N) is 2. The van der Waals surface area contributed by atoms with E-state index in [4.69, 9.17) is 5.41 Å².